The molecule has 11 heteroatoms. The second kappa shape index (κ2) is 9.77. The highest BCUT2D eigenvalue weighted by molar-refractivity contribution is 6.32. The molecule has 1 unspecified atom stereocenters. The summed E-state index contributed by atoms with van der Waals surface area (Å²) in [5.41, 5.74) is 3.53. The monoisotopic (exact) mass is 454 g/mol. The van der Waals surface area contributed by atoms with Gasteiger partial charge in [0.05, 0.1) is 50.1 Å². The van der Waals surface area contributed by atoms with E-state index < -0.39 is 6.04 Å². The zero-order chi connectivity index (χ0) is 22.5. The van der Waals surface area contributed by atoms with Crippen LogP contribution >= 0.6 is 11.6 Å². The Hall–Kier alpha value is -3.47. The third-order valence-corrected chi connectivity index (χ3v) is 5.06. The maximum Gasteiger partial charge on any atom is 0.229 e. The lowest BCUT2D eigenvalue weighted by Gasteiger charge is -2.19. The molecule has 0 bridgehead atoms. The summed E-state index contributed by atoms with van der Waals surface area (Å²) in [4.78, 5) is 8.64. The van der Waals surface area contributed by atoms with Crippen LogP contribution in [0.1, 0.15) is 11.6 Å². The van der Waals surface area contributed by atoms with Crippen molar-refractivity contribution in [2.75, 3.05) is 23.8 Å². The Balaban J connectivity index is 1.53. The summed E-state index contributed by atoms with van der Waals surface area (Å²) >= 11 is 6.31. The first-order valence-corrected chi connectivity index (χ1v) is 10.3. The van der Waals surface area contributed by atoms with Gasteiger partial charge in [-0.05, 0) is 17.2 Å². The van der Waals surface area contributed by atoms with Crippen LogP contribution in [0.25, 0.3) is 11.1 Å². The van der Waals surface area contributed by atoms with Crippen molar-refractivity contribution < 1.29 is 10.2 Å². The van der Waals surface area contributed by atoms with Gasteiger partial charge in [-0.1, -0.05) is 29.8 Å². The molecule has 4 rings (SSSR count). The second-order valence-corrected chi connectivity index (χ2v) is 7.55. The first kappa shape index (κ1) is 21.8. The van der Waals surface area contributed by atoms with Gasteiger partial charge in [0.1, 0.15) is 5.02 Å². The van der Waals surface area contributed by atoms with Crippen LogP contribution in [0, 0.1) is 0 Å². The highest BCUT2D eigenvalue weighted by atomic mass is 35.5. The number of benzene rings is 1. The molecule has 1 aromatic carbocycles. The minimum atomic E-state index is -0.431. The fourth-order valence-corrected chi connectivity index (χ4v) is 3.36. The van der Waals surface area contributed by atoms with Gasteiger partial charge in [0.15, 0.2) is 5.82 Å². The van der Waals surface area contributed by atoms with Crippen LogP contribution < -0.4 is 10.6 Å². The molecule has 0 saturated carbocycles. The molecule has 3 aromatic heterocycles. The zero-order valence-corrected chi connectivity index (χ0v) is 18.1. The molecule has 4 N–H and O–H groups in total. The maximum atomic E-state index is 10.0. The average molecular weight is 455 g/mol. The number of rotatable bonds is 9. The van der Waals surface area contributed by atoms with Crippen LogP contribution in [0.2, 0.25) is 5.02 Å². The van der Waals surface area contributed by atoms with E-state index in [0.717, 1.165) is 16.7 Å². The van der Waals surface area contributed by atoms with Crippen molar-refractivity contribution in [2.45, 2.75) is 12.6 Å². The number of hydrogen-bond acceptors (Lipinski definition) is 8. The molecule has 0 aliphatic heterocycles. The quantitative estimate of drug-likeness (QED) is 0.304. The Morgan fingerprint density at radius 1 is 1.09 bits per heavy atom. The van der Waals surface area contributed by atoms with Crippen LogP contribution in [0.15, 0.2) is 55.2 Å². The molecule has 10 nitrogen and oxygen atoms in total. The molecule has 4 aromatic rings. The summed E-state index contributed by atoms with van der Waals surface area (Å²) in [7, 11) is 1.87. The Bertz CT molecular complexity index is 1190. The van der Waals surface area contributed by atoms with Gasteiger partial charge >= 0.3 is 0 Å². The molecule has 0 amide bonds. The minimum Gasteiger partial charge on any atom is -0.394 e. The van der Waals surface area contributed by atoms with Gasteiger partial charge in [0.2, 0.25) is 5.95 Å². The van der Waals surface area contributed by atoms with Gasteiger partial charge in [-0.25, -0.2) is 4.98 Å². The predicted molar refractivity (Wildman–Crippen MR) is 122 cm³/mol. The van der Waals surface area contributed by atoms with Gasteiger partial charge in [0, 0.05) is 25.0 Å². The highest BCUT2D eigenvalue weighted by Gasteiger charge is 2.15. The largest absolute Gasteiger partial charge is 0.394 e. The molecular weight excluding hydrogens is 432 g/mol. The normalized spacial score (nSPS) is 12.0. The molecule has 166 valence electrons. The molecule has 0 aliphatic carbocycles. The smallest absolute Gasteiger partial charge is 0.229 e. The number of aromatic nitrogens is 6. The number of aryl methyl sites for hydroxylation is 1. The molecule has 0 saturated heterocycles. The predicted octanol–water partition coefficient (Wildman–Crippen LogP) is 2.61. The van der Waals surface area contributed by atoms with Crippen LogP contribution in [-0.4, -0.2) is 53.0 Å². The summed E-state index contributed by atoms with van der Waals surface area (Å²) < 4.78 is 3.35. The van der Waals surface area contributed by atoms with E-state index in [0.29, 0.717) is 29.0 Å². The standard InChI is InChI=1S/C21H23ClN8O2/c1-29-11-16(8-24-29)14-3-2-4-15(7-14)19(13-32)27-20-18(22)10-23-21(28-20)26-17-9-25-30(12-17)5-6-31/h2-4,7-12,19,31-32H,5-6,13H2,1H3,(H2,23,26,27,28). The van der Waals surface area contributed by atoms with Gasteiger partial charge in [-0.15, -0.1) is 0 Å². The van der Waals surface area contributed by atoms with E-state index in [1.807, 2.05) is 37.5 Å². The van der Waals surface area contributed by atoms with Gasteiger partial charge in [-0.3, -0.25) is 9.36 Å². The number of anilines is 3. The van der Waals surface area contributed by atoms with E-state index >= 15 is 0 Å². The van der Waals surface area contributed by atoms with E-state index in [2.05, 4.69) is 30.8 Å². The lowest BCUT2D eigenvalue weighted by atomic mass is 10.0. The van der Waals surface area contributed by atoms with E-state index in [9.17, 15) is 5.11 Å². The lowest BCUT2D eigenvalue weighted by molar-refractivity contribution is 0.269. The highest BCUT2D eigenvalue weighted by Crippen LogP contribution is 2.28. The average Bonchev–Trinajstić information content (AvgIpc) is 3.43. The number of aliphatic hydroxyl groups excluding tert-OH is 2. The summed E-state index contributed by atoms with van der Waals surface area (Å²) in [6.45, 7) is 0.233. The molecule has 0 fully saturated rings. The van der Waals surface area contributed by atoms with Crippen molar-refractivity contribution in [1.29, 1.82) is 0 Å². The van der Waals surface area contributed by atoms with Gasteiger partial charge < -0.3 is 20.8 Å². The summed E-state index contributed by atoms with van der Waals surface area (Å²) in [5.74, 6) is 0.707. The summed E-state index contributed by atoms with van der Waals surface area (Å²) in [6.07, 6.45) is 8.56. The van der Waals surface area contributed by atoms with Crippen molar-refractivity contribution in [1.82, 2.24) is 29.5 Å². The van der Waals surface area contributed by atoms with Gasteiger partial charge in [0.25, 0.3) is 0 Å². The number of halogens is 1. The number of hydrogen-bond donors (Lipinski definition) is 4. The molecule has 0 aliphatic rings. The first-order valence-electron chi connectivity index (χ1n) is 9.95. The first-order chi connectivity index (χ1) is 15.6. The van der Waals surface area contributed by atoms with Crippen LogP contribution in [-0.2, 0) is 13.6 Å². The SMILES string of the molecule is Cn1cc(-c2cccc(C(CO)Nc3nc(Nc4cnn(CCO)c4)ncc3Cl)c2)cn1. The molecule has 3 heterocycles. The fourth-order valence-electron chi connectivity index (χ4n) is 3.22. The molecule has 0 spiro atoms. The molecular formula is C21H23ClN8O2. The van der Waals surface area contributed by atoms with E-state index in [-0.39, 0.29) is 13.2 Å². The van der Waals surface area contributed by atoms with Crippen molar-refractivity contribution in [2.24, 2.45) is 7.05 Å². The third kappa shape index (κ3) is 5.05. The zero-order valence-electron chi connectivity index (χ0n) is 17.4. The molecule has 1 atom stereocenters. The topological polar surface area (TPSA) is 126 Å². The lowest BCUT2D eigenvalue weighted by Crippen LogP contribution is -2.16. The van der Waals surface area contributed by atoms with Crippen molar-refractivity contribution in [3.05, 3.63) is 65.8 Å². The fraction of sp³-hybridized carbons (Fsp3) is 0.238. The number of nitrogens with one attached hydrogen (secondary N) is 2. The van der Waals surface area contributed by atoms with E-state index in [1.54, 1.807) is 28.0 Å². The molecule has 0 radical (unpaired) electrons. The Labute approximate surface area is 189 Å². The van der Waals surface area contributed by atoms with Crippen LogP contribution in [0.4, 0.5) is 17.5 Å². The van der Waals surface area contributed by atoms with Crippen LogP contribution in [0.5, 0.6) is 0 Å². The number of aliphatic hydroxyl groups is 2. The van der Waals surface area contributed by atoms with Gasteiger partial charge in [-0.2, -0.15) is 15.2 Å². The summed E-state index contributed by atoms with van der Waals surface area (Å²) in [5, 5.41) is 34.0. The number of nitrogens with zero attached hydrogens (tertiary/aromatic N) is 6. The van der Waals surface area contributed by atoms with E-state index in [4.69, 9.17) is 16.7 Å². The van der Waals surface area contributed by atoms with Crippen molar-refractivity contribution >= 4 is 29.1 Å². The van der Waals surface area contributed by atoms with Crippen molar-refractivity contribution in [3.63, 3.8) is 0 Å². The Morgan fingerprint density at radius 3 is 2.72 bits per heavy atom. The Kier molecular flexibility index (Phi) is 6.64. The van der Waals surface area contributed by atoms with Crippen molar-refractivity contribution in [3.8, 4) is 11.1 Å². The van der Waals surface area contributed by atoms with E-state index in [1.165, 1.54) is 6.20 Å². The Morgan fingerprint density at radius 2 is 1.97 bits per heavy atom. The minimum absolute atomic E-state index is 0.00281. The molecule has 32 heavy (non-hydrogen) atoms. The third-order valence-electron chi connectivity index (χ3n) is 4.78. The second-order valence-electron chi connectivity index (χ2n) is 7.14. The van der Waals surface area contributed by atoms with Crippen LogP contribution in [0.3, 0.4) is 0 Å². The summed E-state index contributed by atoms with van der Waals surface area (Å²) in [6, 6.07) is 7.41. The maximum absolute atomic E-state index is 10.0.